The number of aliphatic hydroxyl groups excluding tert-OH is 1. The topological polar surface area (TPSA) is 79.0 Å². The van der Waals surface area contributed by atoms with Crippen LogP contribution in [0, 0.1) is 0 Å². The van der Waals surface area contributed by atoms with Gasteiger partial charge in [0.1, 0.15) is 5.60 Å². The first-order valence-electron chi connectivity index (χ1n) is 6.77. The Labute approximate surface area is 115 Å². The lowest BCUT2D eigenvalue weighted by Gasteiger charge is -2.41. The Morgan fingerprint density at radius 3 is 2.63 bits per heavy atom. The molecule has 0 aromatic heterocycles. The molecule has 0 aliphatic carbocycles. The molecule has 1 rings (SSSR count). The molecule has 1 amide bonds. The van der Waals surface area contributed by atoms with Crippen molar-refractivity contribution in [1.29, 1.82) is 0 Å². The van der Waals surface area contributed by atoms with Crippen LogP contribution in [0.25, 0.3) is 0 Å². The molecule has 3 N–H and O–H groups in total. The highest BCUT2D eigenvalue weighted by atomic mass is 16.6. The number of ether oxygens (including phenoxy) is 1. The van der Waals surface area contributed by atoms with E-state index in [2.05, 4.69) is 4.90 Å². The number of nitrogens with two attached hydrogens (primary N) is 1. The van der Waals surface area contributed by atoms with Crippen LogP contribution in [0.2, 0.25) is 0 Å². The van der Waals surface area contributed by atoms with Crippen LogP contribution < -0.4 is 5.73 Å². The average molecular weight is 273 g/mol. The predicted octanol–water partition coefficient (Wildman–Crippen LogP) is 0.247. The second-order valence-corrected chi connectivity index (χ2v) is 6.27. The molecule has 2 atom stereocenters. The molecule has 1 saturated heterocycles. The largest absolute Gasteiger partial charge is 0.444 e. The van der Waals surface area contributed by atoms with E-state index in [1.807, 2.05) is 27.8 Å². The van der Waals surface area contributed by atoms with Gasteiger partial charge in [0.05, 0.1) is 6.61 Å². The third kappa shape index (κ3) is 5.34. The van der Waals surface area contributed by atoms with E-state index in [0.717, 1.165) is 13.1 Å². The zero-order valence-electron chi connectivity index (χ0n) is 12.4. The smallest absolute Gasteiger partial charge is 0.410 e. The molecule has 0 spiro atoms. The minimum absolute atomic E-state index is 0.00394. The lowest BCUT2D eigenvalue weighted by molar-refractivity contribution is -0.00146. The van der Waals surface area contributed by atoms with Gasteiger partial charge in [0, 0.05) is 31.7 Å². The maximum absolute atomic E-state index is 12.2. The summed E-state index contributed by atoms with van der Waals surface area (Å²) in [6, 6.07) is -0.308. The molecule has 0 aromatic rings. The number of piperazine rings is 1. The number of nitrogens with zero attached hydrogens (tertiary/aromatic N) is 2. The lowest BCUT2D eigenvalue weighted by atomic mass is 10.0. The molecule has 1 fully saturated rings. The molecule has 1 aliphatic heterocycles. The molecule has 6 nitrogen and oxygen atoms in total. The molecule has 1 heterocycles. The van der Waals surface area contributed by atoms with Crippen LogP contribution in [0.5, 0.6) is 0 Å². The Morgan fingerprint density at radius 1 is 1.47 bits per heavy atom. The van der Waals surface area contributed by atoms with Gasteiger partial charge in [0.2, 0.25) is 0 Å². The fraction of sp³-hybridized carbons (Fsp3) is 0.923. The summed E-state index contributed by atoms with van der Waals surface area (Å²) >= 11 is 0. The van der Waals surface area contributed by atoms with Gasteiger partial charge in [-0.05, 0) is 34.2 Å². The summed E-state index contributed by atoms with van der Waals surface area (Å²) in [4.78, 5) is 16.1. The van der Waals surface area contributed by atoms with Crippen LogP contribution in [-0.2, 0) is 4.74 Å². The fourth-order valence-corrected chi connectivity index (χ4v) is 2.20. The minimum Gasteiger partial charge on any atom is -0.444 e. The number of hydrogen-bond donors (Lipinski definition) is 2. The fourth-order valence-electron chi connectivity index (χ4n) is 2.20. The Hall–Kier alpha value is -0.850. The van der Waals surface area contributed by atoms with Crippen molar-refractivity contribution < 1.29 is 14.6 Å². The average Bonchev–Trinajstić information content (AvgIpc) is 2.26. The van der Waals surface area contributed by atoms with E-state index in [-0.39, 0.29) is 24.8 Å². The van der Waals surface area contributed by atoms with E-state index in [1.165, 1.54) is 0 Å². The second kappa shape index (κ2) is 6.54. The van der Waals surface area contributed by atoms with Gasteiger partial charge in [-0.25, -0.2) is 4.79 Å². The summed E-state index contributed by atoms with van der Waals surface area (Å²) in [5.74, 6) is 0. The third-order valence-corrected chi connectivity index (χ3v) is 3.12. The first-order valence-corrected chi connectivity index (χ1v) is 6.77. The highest BCUT2D eigenvalue weighted by Gasteiger charge is 2.32. The molecule has 2 unspecified atom stereocenters. The van der Waals surface area contributed by atoms with Gasteiger partial charge >= 0.3 is 6.09 Å². The molecular formula is C13H27N3O3. The normalized spacial score (nSPS) is 23.3. The van der Waals surface area contributed by atoms with Gasteiger partial charge < -0.3 is 25.4 Å². The van der Waals surface area contributed by atoms with Crippen LogP contribution in [0.1, 0.15) is 27.2 Å². The van der Waals surface area contributed by atoms with Crippen molar-refractivity contribution in [3.63, 3.8) is 0 Å². The van der Waals surface area contributed by atoms with E-state index < -0.39 is 5.60 Å². The molecule has 19 heavy (non-hydrogen) atoms. The van der Waals surface area contributed by atoms with Gasteiger partial charge in [-0.15, -0.1) is 0 Å². The van der Waals surface area contributed by atoms with Crippen molar-refractivity contribution in [2.24, 2.45) is 5.73 Å². The van der Waals surface area contributed by atoms with E-state index >= 15 is 0 Å². The number of carbonyl (C=O) groups is 1. The number of amides is 1. The predicted molar refractivity (Wildman–Crippen MR) is 73.9 cm³/mol. The van der Waals surface area contributed by atoms with Crippen LogP contribution in [0.15, 0.2) is 0 Å². The maximum atomic E-state index is 12.2. The summed E-state index contributed by atoms with van der Waals surface area (Å²) in [5, 5.41) is 9.07. The third-order valence-electron chi connectivity index (χ3n) is 3.12. The summed E-state index contributed by atoms with van der Waals surface area (Å²) in [7, 11) is 2.02. The van der Waals surface area contributed by atoms with Gasteiger partial charge in [-0.1, -0.05) is 0 Å². The molecule has 1 aliphatic rings. The summed E-state index contributed by atoms with van der Waals surface area (Å²) < 4.78 is 5.42. The zero-order chi connectivity index (χ0) is 14.6. The van der Waals surface area contributed by atoms with Crippen molar-refractivity contribution in [3.8, 4) is 0 Å². The SMILES string of the molecule is CN1CCN(C(=O)OC(C)(C)C)C(CC(N)CO)C1. The summed E-state index contributed by atoms with van der Waals surface area (Å²) in [5.41, 5.74) is 5.30. The van der Waals surface area contributed by atoms with Crippen LogP contribution in [0.3, 0.4) is 0 Å². The molecule has 112 valence electrons. The van der Waals surface area contributed by atoms with Gasteiger partial charge in [0.25, 0.3) is 0 Å². The molecular weight excluding hydrogens is 246 g/mol. The van der Waals surface area contributed by atoms with E-state index in [4.69, 9.17) is 15.6 Å². The van der Waals surface area contributed by atoms with E-state index in [9.17, 15) is 4.79 Å². The van der Waals surface area contributed by atoms with Gasteiger partial charge in [-0.3, -0.25) is 0 Å². The standard InChI is InChI=1S/C13H27N3O3/c1-13(2,3)19-12(18)16-6-5-15(4)8-11(16)7-10(14)9-17/h10-11,17H,5-9,14H2,1-4H3. The number of aliphatic hydroxyl groups is 1. The molecule has 6 heteroatoms. The van der Waals surface area contributed by atoms with E-state index in [0.29, 0.717) is 13.0 Å². The van der Waals surface area contributed by atoms with Crippen LogP contribution in [-0.4, -0.2) is 72.0 Å². The minimum atomic E-state index is -0.496. The Balaban J connectivity index is 2.68. The first-order chi connectivity index (χ1) is 8.73. The number of rotatable bonds is 3. The van der Waals surface area contributed by atoms with E-state index in [1.54, 1.807) is 4.90 Å². The Morgan fingerprint density at radius 2 is 2.11 bits per heavy atom. The first kappa shape index (κ1) is 16.2. The zero-order valence-corrected chi connectivity index (χ0v) is 12.4. The Kier molecular flexibility index (Phi) is 5.58. The monoisotopic (exact) mass is 273 g/mol. The molecule has 0 aromatic carbocycles. The van der Waals surface area contributed by atoms with Crippen LogP contribution >= 0.6 is 0 Å². The lowest BCUT2D eigenvalue weighted by Crippen LogP contribution is -2.56. The quantitative estimate of drug-likeness (QED) is 0.770. The van der Waals surface area contributed by atoms with Gasteiger partial charge in [-0.2, -0.15) is 0 Å². The summed E-state index contributed by atoms with van der Waals surface area (Å²) in [6.07, 6.45) is 0.288. The second-order valence-electron chi connectivity index (χ2n) is 6.27. The molecule has 0 radical (unpaired) electrons. The highest BCUT2D eigenvalue weighted by molar-refractivity contribution is 5.68. The Bertz CT molecular complexity index is 304. The molecule has 0 saturated carbocycles. The number of hydrogen-bond acceptors (Lipinski definition) is 5. The van der Waals surface area contributed by atoms with Crippen molar-refractivity contribution in [3.05, 3.63) is 0 Å². The number of likely N-dealkylation sites (N-methyl/N-ethyl adjacent to an activating group) is 1. The van der Waals surface area contributed by atoms with Crippen molar-refractivity contribution in [2.45, 2.75) is 44.9 Å². The van der Waals surface area contributed by atoms with Crippen molar-refractivity contribution >= 4 is 6.09 Å². The highest BCUT2D eigenvalue weighted by Crippen LogP contribution is 2.17. The van der Waals surface area contributed by atoms with Crippen molar-refractivity contribution in [2.75, 3.05) is 33.3 Å². The molecule has 0 bridgehead atoms. The van der Waals surface area contributed by atoms with Crippen LogP contribution in [0.4, 0.5) is 4.79 Å². The van der Waals surface area contributed by atoms with Crippen molar-refractivity contribution in [1.82, 2.24) is 9.80 Å². The van der Waals surface area contributed by atoms with Gasteiger partial charge in [0.15, 0.2) is 0 Å². The number of carbonyl (C=O) groups excluding carboxylic acids is 1. The maximum Gasteiger partial charge on any atom is 0.410 e. The summed E-state index contributed by atoms with van der Waals surface area (Å²) in [6.45, 7) is 7.72.